The molecule has 2 N–H and O–H groups in total. The fraction of sp³-hybridized carbons (Fsp3) is 0.235. The molecule has 23 heavy (non-hydrogen) atoms. The molecule has 6 heteroatoms. The van der Waals surface area contributed by atoms with Gasteiger partial charge in [-0.3, -0.25) is 4.79 Å². The summed E-state index contributed by atoms with van der Waals surface area (Å²) in [6.07, 6.45) is 2.20. The zero-order valence-corrected chi connectivity index (χ0v) is 13.0. The fourth-order valence-electron chi connectivity index (χ4n) is 2.28. The van der Waals surface area contributed by atoms with Crippen LogP contribution in [0.3, 0.4) is 0 Å². The molecule has 0 spiro atoms. The van der Waals surface area contributed by atoms with Gasteiger partial charge in [0.15, 0.2) is 5.82 Å². The molecule has 0 aliphatic heterocycles. The molecular weight excluding hydrogens is 292 g/mol. The van der Waals surface area contributed by atoms with Gasteiger partial charge in [0.05, 0.1) is 12.5 Å². The van der Waals surface area contributed by atoms with Gasteiger partial charge in [-0.1, -0.05) is 6.07 Å². The topological polar surface area (TPSA) is 79.9 Å². The molecule has 2 heterocycles. The number of aromatic nitrogens is 3. The Hall–Kier alpha value is -2.89. The largest absolute Gasteiger partial charge is 0.474 e. The van der Waals surface area contributed by atoms with E-state index < -0.39 is 0 Å². The third kappa shape index (κ3) is 3.85. The van der Waals surface area contributed by atoms with Gasteiger partial charge in [-0.2, -0.15) is 0 Å². The molecule has 0 saturated heterocycles. The summed E-state index contributed by atoms with van der Waals surface area (Å²) in [5.74, 6) is 0.719. The highest BCUT2D eigenvalue weighted by Gasteiger charge is 2.07. The number of amides is 1. The first-order chi connectivity index (χ1) is 11.1. The van der Waals surface area contributed by atoms with Crippen LogP contribution in [0.25, 0.3) is 10.9 Å². The first-order valence-electron chi connectivity index (χ1n) is 7.46. The highest BCUT2D eigenvalue weighted by Crippen LogP contribution is 2.15. The second-order valence-corrected chi connectivity index (χ2v) is 5.55. The Labute approximate surface area is 133 Å². The zero-order valence-electron chi connectivity index (χ0n) is 13.0. The van der Waals surface area contributed by atoms with Gasteiger partial charge in [0.1, 0.15) is 0 Å². The van der Waals surface area contributed by atoms with E-state index in [1.54, 1.807) is 12.1 Å². The van der Waals surface area contributed by atoms with Crippen LogP contribution in [-0.2, 0) is 11.2 Å². The SMILES string of the molecule is CC(C)Oc1ccc(NC(=O)Cc2ccc3[nH]ccc3c2)nn1. The van der Waals surface area contributed by atoms with Crippen molar-refractivity contribution in [2.24, 2.45) is 0 Å². The lowest BCUT2D eigenvalue weighted by Gasteiger charge is -2.08. The van der Waals surface area contributed by atoms with E-state index in [9.17, 15) is 4.79 Å². The zero-order chi connectivity index (χ0) is 16.2. The number of aromatic amines is 1. The Bertz CT molecular complexity index is 809. The average Bonchev–Trinajstić information content (AvgIpc) is 2.96. The number of hydrogen-bond donors (Lipinski definition) is 2. The predicted molar refractivity (Wildman–Crippen MR) is 88.4 cm³/mol. The number of nitrogens with one attached hydrogen (secondary N) is 2. The Morgan fingerprint density at radius 1 is 1.22 bits per heavy atom. The van der Waals surface area contributed by atoms with E-state index in [1.807, 2.05) is 44.3 Å². The van der Waals surface area contributed by atoms with Gasteiger partial charge in [0.2, 0.25) is 11.8 Å². The van der Waals surface area contributed by atoms with Crippen molar-refractivity contribution >= 4 is 22.6 Å². The molecule has 118 valence electrons. The number of carbonyl (C=O) groups excluding carboxylic acids is 1. The Morgan fingerprint density at radius 2 is 2.09 bits per heavy atom. The summed E-state index contributed by atoms with van der Waals surface area (Å²) in [6, 6.07) is 11.2. The molecule has 1 aromatic carbocycles. The van der Waals surface area contributed by atoms with Gasteiger partial charge in [0.25, 0.3) is 0 Å². The summed E-state index contributed by atoms with van der Waals surface area (Å²) < 4.78 is 5.41. The minimum absolute atomic E-state index is 0.0353. The second-order valence-electron chi connectivity index (χ2n) is 5.55. The molecule has 0 aliphatic carbocycles. The van der Waals surface area contributed by atoms with Crippen LogP contribution in [0, 0.1) is 0 Å². The van der Waals surface area contributed by atoms with Crippen molar-refractivity contribution in [3.63, 3.8) is 0 Å². The van der Waals surface area contributed by atoms with Gasteiger partial charge in [0, 0.05) is 17.8 Å². The quantitative estimate of drug-likeness (QED) is 0.759. The lowest BCUT2D eigenvalue weighted by Crippen LogP contribution is -2.16. The molecule has 1 amide bonds. The number of carbonyl (C=O) groups is 1. The van der Waals surface area contributed by atoms with Gasteiger partial charge in [-0.15, -0.1) is 10.2 Å². The number of fused-ring (bicyclic) bond motifs is 1. The number of hydrogen-bond acceptors (Lipinski definition) is 4. The summed E-state index contributed by atoms with van der Waals surface area (Å²) in [5.41, 5.74) is 2.00. The molecule has 0 saturated carbocycles. The van der Waals surface area contributed by atoms with E-state index in [-0.39, 0.29) is 18.4 Å². The van der Waals surface area contributed by atoms with Crippen molar-refractivity contribution < 1.29 is 9.53 Å². The molecule has 6 nitrogen and oxygen atoms in total. The number of nitrogens with zero attached hydrogens (tertiary/aromatic N) is 2. The number of benzene rings is 1. The molecule has 0 atom stereocenters. The maximum absolute atomic E-state index is 12.1. The Morgan fingerprint density at radius 3 is 2.83 bits per heavy atom. The Kier molecular flexibility index (Phi) is 4.23. The van der Waals surface area contributed by atoms with E-state index in [2.05, 4.69) is 20.5 Å². The van der Waals surface area contributed by atoms with Crippen LogP contribution in [-0.4, -0.2) is 27.2 Å². The third-order valence-electron chi connectivity index (χ3n) is 3.25. The first kappa shape index (κ1) is 15.0. The van der Waals surface area contributed by atoms with Crippen LogP contribution in [0.15, 0.2) is 42.6 Å². The van der Waals surface area contributed by atoms with Crippen molar-refractivity contribution in [1.29, 1.82) is 0 Å². The predicted octanol–water partition coefficient (Wildman–Crippen LogP) is 2.93. The molecular formula is C17H18N4O2. The molecule has 2 aromatic heterocycles. The normalized spacial score (nSPS) is 10.9. The number of rotatable bonds is 5. The van der Waals surface area contributed by atoms with Crippen molar-refractivity contribution in [2.45, 2.75) is 26.4 Å². The highest BCUT2D eigenvalue weighted by molar-refractivity contribution is 5.92. The summed E-state index contributed by atoms with van der Waals surface area (Å²) in [5, 5.41) is 11.7. The van der Waals surface area contributed by atoms with Crippen LogP contribution >= 0.6 is 0 Å². The minimum atomic E-state index is -0.133. The van der Waals surface area contributed by atoms with E-state index in [0.29, 0.717) is 11.7 Å². The van der Waals surface area contributed by atoms with Gasteiger partial charge < -0.3 is 15.0 Å². The van der Waals surface area contributed by atoms with Crippen LogP contribution in [0.2, 0.25) is 0 Å². The summed E-state index contributed by atoms with van der Waals surface area (Å²) in [7, 11) is 0. The molecule has 0 unspecified atom stereocenters. The average molecular weight is 310 g/mol. The van der Waals surface area contributed by atoms with E-state index in [1.165, 1.54) is 0 Å². The summed E-state index contributed by atoms with van der Waals surface area (Å²) in [6.45, 7) is 3.83. The number of anilines is 1. The summed E-state index contributed by atoms with van der Waals surface area (Å²) in [4.78, 5) is 15.2. The monoisotopic (exact) mass is 310 g/mol. The molecule has 3 aromatic rings. The van der Waals surface area contributed by atoms with Crippen molar-refractivity contribution in [3.05, 3.63) is 48.2 Å². The number of ether oxygens (including phenoxy) is 1. The smallest absolute Gasteiger partial charge is 0.233 e. The van der Waals surface area contributed by atoms with Gasteiger partial charge in [-0.25, -0.2) is 0 Å². The molecule has 0 fully saturated rings. The Balaban J connectivity index is 1.62. The van der Waals surface area contributed by atoms with Crippen LogP contribution < -0.4 is 10.1 Å². The van der Waals surface area contributed by atoms with Crippen molar-refractivity contribution in [1.82, 2.24) is 15.2 Å². The van der Waals surface area contributed by atoms with E-state index >= 15 is 0 Å². The van der Waals surface area contributed by atoms with E-state index in [0.717, 1.165) is 16.5 Å². The van der Waals surface area contributed by atoms with Crippen LogP contribution in [0.4, 0.5) is 5.82 Å². The number of H-pyrrole nitrogens is 1. The van der Waals surface area contributed by atoms with Crippen molar-refractivity contribution in [2.75, 3.05) is 5.32 Å². The standard InChI is InChI=1S/C17H18N4O2/c1-11(2)23-17-6-5-15(20-21-17)19-16(22)10-12-3-4-14-13(9-12)7-8-18-14/h3-9,11,18H,10H2,1-2H3,(H,19,20,22). The van der Waals surface area contributed by atoms with Gasteiger partial charge >= 0.3 is 0 Å². The first-order valence-corrected chi connectivity index (χ1v) is 7.46. The second kappa shape index (κ2) is 6.48. The van der Waals surface area contributed by atoms with Gasteiger partial charge in [-0.05, 0) is 49.1 Å². The van der Waals surface area contributed by atoms with E-state index in [4.69, 9.17) is 4.74 Å². The maximum Gasteiger partial charge on any atom is 0.233 e. The van der Waals surface area contributed by atoms with Crippen molar-refractivity contribution in [3.8, 4) is 5.88 Å². The molecule has 0 bridgehead atoms. The molecule has 0 aliphatic rings. The maximum atomic E-state index is 12.1. The third-order valence-corrected chi connectivity index (χ3v) is 3.25. The minimum Gasteiger partial charge on any atom is -0.474 e. The summed E-state index contributed by atoms with van der Waals surface area (Å²) >= 11 is 0. The van der Waals surface area contributed by atoms with Crippen LogP contribution in [0.1, 0.15) is 19.4 Å². The lowest BCUT2D eigenvalue weighted by atomic mass is 10.1. The van der Waals surface area contributed by atoms with Crippen LogP contribution in [0.5, 0.6) is 5.88 Å². The fourth-order valence-corrected chi connectivity index (χ4v) is 2.28. The highest BCUT2D eigenvalue weighted by atomic mass is 16.5. The lowest BCUT2D eigenvalue weighted by molar-refractivity contribution is -0.115. The molecule has 3 rings (SSSR count). The molecule has 0 radical (unpaired) electrons.